The molecule has 1 aromatic rings. The van der Waals surface area contributed by atoms with Crippen LogP contribution in [0.1, 0.15) is 83.1 Å². The van der Waals surface area contributed by atoms with Crippen LogP contribution in [-0.2, 0) is 10.4 Å². The summed E-state index contributed by atoms with van der Waals surface area (Å²) in [6.45, 7) is 4.46. The minimum absolute atomic E-state index is 0.0414. The Kier molecular flexibility index (Phi) is 9.88. The number of likely N-dealkylation sites (tertiary alicyclic amines) is 1. The molecule has 0 unspecified atom stereocenters. The predicted octanol–water partition coefficient (Wildman–Crippen LogP) is 5.76. The van der Waals surface area contributed by atoms with Gasteiger partial charge in [0, 0.05) is 30.5 Å². The molecule has 1 saturated carbocycles. The highest BCUT2D eigenvalue weighted by Crippen LogP contribution is 2.40. The van der Waals surface area contributed by atoms with E-state index in [0.29, 0.717) is 30.3 Å². The van der Waals surface area contributed by atoms with Crippen LogP contribution in [0.4, 0.5) is 0 Å². The largest absolute Gasteiger partial charge is 0.385 e. The summed E-state index contributed by atoms with van der Waals surface area (Å²) >= 11 is 6.25. The number of benzene rings is 1. The maximum Gasteiger partial charge on any atom is 0.222 e. The molecule has 0 bridgehead atoms. The first-order chi connectivity index (χ1) is 15.5. The van der Waals surface area contributed by atoms with E-state index in [4.69, 9.17) is 11.6 Å². The van der Waals surface area contributed by atoms with E-state index in [0.717, 1.165) is 50.3 Å². The van der Waals surface area contributed by atoms with Gasteiger partial charge in [-0.2, -0.15) is 0 Å². The van der Waals surface area contributed by atoms with E-state index in [1.54, 1.807) is 0 Å². The van der Waals surface area contributed by atoms with Gasteiger partial charge in [-0.25, -0.2) is 0 Å². The molecule has 180 valence electrons. The molecule has 0 aromatic heterocycles. The van der Waals surface area contributed by atoms with Gasteiger partial charge in [-0.05, 0) is 68.8 Å². The Morgan fingerprint density at radius 3 is 2.72 bits per heavy atom. The number of halogens is 1. The summed E-state index contributed by atoms with van der Waals surface area (Å²) < 4.78 is 0. The topological polar surface area (TPSA) is 52.6 Å². The van der Waals surface area contributed by atoms with Gasteiger partial charge in [0.25, 0.3) is 0 Å². The molecule has 3 rings (SSSR count). The second kappa shape index (κ2) is 12.4. The molecule has 1 aliphatic carbocycles. The number of carbonyl (C=O) groups is 1. The minimum atomic E-state index is -0.939. The van der Waals surface area contributed by atoms with Crippen LogP contribution < -0.4 is 5.32 Å². The summed E-state index contributed by atoms with van der Waals surface area (Å²) in [6, 6.07) is 7.64. The third kappa shape index (κ3) is 6.71. The molecular weight excluding hydrogens is 420 g/mol. The van der Waals surface area contributed by atoms with Gasteiger partial charge in [0.15, 0.2) is 0 Å². The minimum Gasteiger partial charge on any atom is -0.385 e. The van der Waals surface area contributed by atoms with E-state index in [9.17, 15) is 9.90 Å². The number of nitrogens with one attached hydrogen (secondary N) is 1. The Labute approximate surface area is 200 Å². The molecule has 5 heteroatoms. The van der Waals surface area contributed by atoms with Gasteiger partial charge in [0.2, 0.25) is 5.91 Å². The van der Waals surface area contributed by atoms with E-state index in [1.807, 2.05) is 36.2 Å². The summed E-state index contributed by atoms with van der Waals surface area (Å²) in [4.78, 5) is 15.4. The zero-order chi connectivity index (χ0) is 23.0. The molecule has 1 heterocycles. The van der Waals surface area contributed by atoms with Gasteiger partial charge in [0.05, 0.1) is 5.60 Å². The Bertz CT molecular complexity index is 721. The third-order valence-corrected chi connectivity index (χ3v) is 7.99. The number of amides is 1. The van der Waals surface area contributed by atoms with Crippen LogP contribution in [0.3, 0.4) is 0 Å². The zero-order valence-corrected chi connectivity index (χ0v) is 20.9. The fourth-order valence-corrected chi connectivity index (χ4v) is 6.30. The van der Waals surface area contributed by atoms with E-state index in [2.05, 4.69) is 12.2 Å². The number of hydrogen-bond donors (Lipinski definition) is 2. The lowest BCUT2D eigenvalue weighted by atomic mass is 9.74. The number of rotatable bonds is 10. The number of aliphatic hydroxyl groups is 1. The summed E-state index contributed by atoms with van der Waals surface area (Å²) in [7, 11) is 1.99. The molecule has 1 saturated heterocycles. The molecule has 2 fully saturated rings. The fraction of sp³-hybridized carbons (Fsp3) is 0.741. The third-order valence-electron chi connectivity index (χ3n) is 7.75. The molecular formula is C27H43ClN2O2. The molecule has 1 amide bonds. The van der Waals surface area contributed by atoms with E-state index in [1.165, 1.54) is 32.1 Å². The molecule has 32 heavy (non-hydrogen) atoms. The van der Waals surface area contributed by atoms with Crippen molar-refractivity contribution >= 4 is 17.5 Å². The Morgan fingerprint density at radius 1 is 1.25 bits per heavy atom. The van der Waals surface area contributed by atoms with Crippen LogP contribution in [0.25, 0.3) is 0 Å². The number of nitrogens with zero attached hydrogens (tertiary/aromatic N) is 1. The van der Waals surface area contributed by atoms with Crippen LogP contribution in [0.5, 0.6) is 0 Å². The lowest BCUT2D eigenvalue weighted by molar-refractivity contribution is -0.137. The molecule has 3 atom stereocenters. The summed E-state index contributed by atoms with van der Waals surface area (Å²) in [5.41, 5.74) is -0.0538. The van der Waals surface area contributed by atoms with E-state index in [-0.39, 0.29) is 11.8 Å². The molecule has 2 aliphatic rings. The quantitative estimate of drug-likeness (QED) is 0.464. The van der Waals surface area contributed by atoms with Gasteiger partial charge >= 0.3 is 0 Å². The predicted molar refractivity (Wildman–Crippen MR) is 133 cm³/mol. The van der Waals surface area contributed by atoms with Crippen molar-refractivity contribution in [1.82, 2.24) is 10.2 Å². The lowest BCUT2D eigenvalue weighted by Crippen LogP contribution is -2.48. The average Bonchev–Trinajstić information content (AvgIpc) is 2.80. The maximum atomic E-state index is 13.3. The standard InChI is InChI=1S/C27H43ClN2O2/c1-3-14-27(32,23-11-7-13-25(28)18-23)24-12-8-15-30(20-24)26(31)17-22(19-29-2)16-21-9-5-4-6-10-21/h7,11,13,18,21-22,24,29,32H,3-6,8-10,12,14-17,19-20H2,1-2H3/t22-,24-,27-/m1/s1. The SMILES string of the molecule is CCC[C@@](O)(c1cccc(Cl)c1)[C@@H]1CCCN(C(=O)C[C@H](CNC)CC2CCCCC2)C1. The van der Waals surface area contributed by atoms with Crippen molar-refractivity contribution in [1.29, 1.82) is 0 Å². The van der Waals surface area contributed by atoms with Gasteiger partial charge in [-0.15, -0.1) is 0 Å². The Morgan fingerprint density at radius 2 is 2.03 bits per heavy atom. The first kappa shape index (κ1) is 25.5. The monoisotopic (exact) mass is 462 g/mol. The van der Waals surface area contributed by atoms with Crippen LogP contribution in [0, 0.1) is 17.8 Å². The van der Waals surface area contributed by atoms with Crippen molar-refractivity contribution < 1.29 is 9.90 Å². The number of carbonyl (C=O) groups excluding carboxylic acids is 1. The van der Waals surface area contributed by atoms with Crippen LogP contribution >= 0.6 is 11.6 Å². The summed E-state index contributed by atoms with van der Waals surface area (Å²) in [5, 5.41) is 15.8. The van der Waals surface area contributed by atoms with Crippen molar-refractivity contribution in [2.45, 2.75) is 83.2 Å². The van der Waals surface area contributed by atoms with Gasteiger partial charge in [-0.1, -0.05) is 69.2 Å². The van der Waals surface area contributed by atoms with Gasteiger partial charge in [-0.3, -0.25) is 4.79 Å². The maximum absolute atomic E-state index is 13.3. The summed E-state index contributed by atoms with van der Waals surface area (Å²) in [6.07, 6.45) is 11.9. The van der Waals surface area contributed by atoms with Crippen LogP contribution in [0.15, 0.2) is 24.3 Å². The van der Waals surface area contributed by atoms with Crippen molar-refractivity contribution in [2.24, 2.45) is 17.8 Å². The second-order valence-corrected chi connectivity index (χ2v) is 10.7. The average molecular weight is 463 g/mol. The highest BCUT2D eigenvalue weighted by Gasteiger charge is 2.41. The van der Waals surface area contributed by atoms with Gasteiger partial charge < -0.3 is 15.3 Å². The smallest absolute Gasteiger partial charge is 0.222 e. The number of piperidine rings is 1. The molecule has 2 N–H and O–H groups in total. The normalized spacial score (nSPS) is 23.0. The molecule has 1 aliphatic heterocycles. The van der Waals surface area contributed by atoms with Crippen molar-refractivity contribution in [3.63, 3.8) is 0 Å². The van der Waals surface area contributed by atoms with Crippen LogP contribution in [-0.4, -0.2) is 42.6 Å². The van der Waals surface area contributed by atoms with E-state index >= 15 is 0 Å². The Balaban J connectivity index is 1.66. The first-order valence-corrected chi connectivity index (χ1v) is 13.2. The van der Waals surface area contributed by atoms with Crippen LogP contribution in [0.2, 0.25) is 5.02 Å². The second-order valence-electron chi connectivity index (χ2n) is 10.2. The molecule has 0 spiro atoms. The number of hydrogen-bond acceptors (Lipinski definition) is 3. The van der Waals surface area contributed by atoms with Crippen molar-refractivity contribution in [3.05, 3.63) is 34.9 Å². The summed E-state index contributed by atoms with van der Waals surface area (Å²) in [5.74, 6) is 1.48. The molecule has 4 nitrogen and oxygen atoms in total. The molecule has 1 aromatic carbocycles. The lowest BCUT2D eigenvalue weighted by Gasteiger charge is -2.43. The Hall–Kier alpha value is -1.10. The fourth-order valence-electron chi connectivity index (χ4n) is 6.11. The van der Waals surface area contributed by atoms with Crippen molar-refractivity contribution in [3.8, 4) is 0 Å². The van der Waals surface area contributed by atoms with Crippen molar-refractivity contribution in [2.75, 3.05) is 26.7 Å². The highest BCUT2D eigenvalue weighted by molar-refractivity contribution is 6.30. The zero-order valence-electron chi connectivity index (χ0n) is 20.1. The molecule has 0 radical (unpaired) electrons. The highest BCUT2D eigenvalue weighted by atomic mass is 35.5. The van der Waals surface area contributed by atoms with E-state index < -0.39 is 5.60 Å². The first-order valence-electron chi connectivity index (χ1n) is 12.9. The van der Waals surface area contributed by atoms with Gasteiger partial charge in [0.1, 0.15) is 0 Å².